The van der Waals surface area contributed by atoms with Gasteiger partial charge in [-0.15, -0.1) is 0 Å². The average Bonchev–Trinajstić information content (AvgIpc) is 2.78. The van der Waals surface area contributed by atoms with Gasteiger partial charge in [0.15, 0.2) is 5.78 Å². The molecule has 3 aromatic rings. The molecule has 1 saturated heterocycles. The second-order valence-electron chi connectivity index (χ2n) is 8.28. The molecule has 30 heavy (non-hydrogen) atoms. The topological polar surface area (TPSA) is 23.6 Å². The van der Waals surface area contributed by atoms with E-state index in [1.54, 1.807) is 0 Å². The van der Waals surface area contributed by atoms with Crippen LogP contribution in [-0.4, -0.2) is 48.3 Å². The van der Waals surface area contributed by atoms with Crippen LogP contribution in [0.4, 0.5) is 0 Å². The molecule has 1 aliphatic heterocycles. The van der Waals surface area contributed by atoms with Gasteiger partial charge in [0.25, 0.3) is 0 Å². The molecule has 3 heteroatoms. The maximum atomic E-state index is 12.9. The van der Waals surface area contributed by atoms with Crippen LogP contribution in [0.5, 0.6) is 0 Å². The third kappa shape index (κ3) is 4.69. The highest BCUT2D eigenvalue weighted by atomic mass is 16.1. The van der Waals surface area contributed by atoms with Crippen molar-refractivity contribution in [3.05, 3.63) is 107 Å². The fourth-order valence-corrected chi connectivity index (χ4v) is 4.39. The van der Waals surface area contributed by atoms with Crippen molar-refractivity contribution in [2.75, 3.05) is 32.7 Å². The Bertz CT molecular complexity index is 937. The highest BCUT2D eigenvalue weighted by Gasteiger charge is 2.27. The zero-order valence-corrected chi connectivity index (χ0v) is 17.9. The molecule has 154 valence electrons. The Morgan fingerprint density at radius 2 is 1.37 bits per heavy atom. The van der Waals surface area contributed by atoms with Crippen molar-refractivity contribution in [1.82, 2.24) is 9.80 Å². The van der Waals surface area contributed by atoms with Crippen LogP contribution < -0.4 is 0 Å². The first-order valence-electron chi connectivity index (χ1n) is 10.8. The van der Waals surface area contributed by atoms with E-state index >= 15 is 0 Å². The SMILES string of the molecule is Cc1ccc(C)c(C(=O)CN2CCN(C(c3ccccc3)c3ccccc3)CC2)c1. The molecular weight excluding hydrogens is 368 g/mol. The third-order valence-electron chi connectivity index (χ3n) is 6.06. The van der Waals surface area contributed by atoms with Gasteiger partial charge in [-0.1, -0.05) is 78.4 Å². The fraction of sp³-hybridized carbons (Fsp3) is 0.296. The number of ketones is 1. The minimum absolute atomic E-state index is 0.229. The zero-order chi connectivity index (χ0) is 20.9. The van der Waals surface area contributed by atoms with Gasteiger partial charge in [-0.3, -0.25) is 14.6 Å². The Labute approximate surface area is 180 Å². The summed E-state index contributed by atoms with van der Waals surface area (Å²) >= 11 is 0. The van der Waals surface area contributed by atoms with Crippen molar-refractivity contribution in [2.45, 2.75) is 19.9 Å². The number of Topliss-reactive ketones (excluding diaryl/α,β-unsaturated/α-hetero) is 1. The highest BCUT2D eigenvalue weighted by molar-refractivity contribution is 5.99. The largest absolute Gasteiger partial charge is 0.293 e. The number of benzene rings is 3. The lowest BCUT2D eigenvalue weighted by Crippen LogP contribution is -2.49. The van der Waals surface area contributed by atoms with E-state index in [4.69, 9.17) is 0 Å². The van der Waals surface area contributed by atoms with Gasteiger partial charge in [0, 0.05) is 31.7 Å². The number of piperazine rings is 1. The van der Waals surface area contributed by atoms with Crippen molar-refractivity contribution in [1.29, 1.82) is 0 Å². The summed E-state index contributed by atoms with van der Waals surface area (Å²) < 4.78 is 0. The van der Waals surface area contributed by atoms with E-state index in [0.717, 1.165) is 42.9 Å². The number of carbonyl (C=O) groups is 1. The summed E-state index contributed by atoms with van der Waals surface area (Å²) in [5.41, 5.74) is 5.72. The van der Waals surface area contributed by atoms with Gasteiger partial charge < -0.3 is 0 Å². The normalized spacial score (nSPS) is 15.4. The smallest absolute Gasteiger partial charge is 0.177 e. The molecule has 0 unspecified atom stereocenters. The van der Waals surface area contributed by atoms with Gasteiger partial charge in [0.2, 0.25) is 0 Å². The first-order chi connectivity index (χ1) is 14.6. The van der Waals surface area contributed by atoms with Gasteiger partial charge in [0.05, 0.1) is 12.6 Å². The first kappa shape index (κ1) is 20.5. The number of aryl methyl sites for hydroxylation is 2. The molecule has 0 aliphatic carbocycles. The lowest BCUT2D eigenvalue weighted by Gasteiger charge is -2.39. The fourth-order valence-electron chi connectivity index (χ4n) is 4.39. The van der Waals surface area contributed by atoms with Crippen molar-refractivity contribution < 1.29 is 4.79 Å². The number of hydrogen-bond donors (Lipinski definition) is 0. The predicted octanol–water partition coefficient (Wildman–Crippen LogP) is 4.89. The molecule has 0 aromatic heterocycles. The van der Waals surface area contributed by atoms with Crippen LogP contribution in [0.2, 0.25) is 0 Å². The number of carbonyl (C=O) groups excluding carboxylic acids is 1. The summed E-state index contributed by atoms with van der Waals surface area (Å²) in [6.07, 6.45) is 0. The number of nitrogens with zero attached hydrogens (tertiary/aromatic N) is 2. The molecule has 1 fully saturated rings. The monoisotopic (exact) mass is 398 g/mol. The molecule has 0 amide bonds. The van der Waals surface area contributed by atoms with Gasteiger partial charge in [-0.2, -0.15) is 0 Å². The second kappa shape index (κ2) is 9.38. The summed E-state index contributed by atoms with van der Waals surface area (Å²) in [5, 5.41) is 0. The van der Waals surface area contributed by atoms with E-state index in [1.807, 2.05) is 26.0 Å². The molecule has 0 atom stereocenters. The number of rotatable bonds is 6. The Morgan fingerprint density at radius 3 is 1.93 bits per heavy atom. The first-order valence-corrected chi connectivity index (χ1v) is 10.8. The average molecular weight is 399 g/mol. The predicted molar refractivity (Wildman–Crippen MR) is 123 cm³/mol. The van der Waals surface area contributed by atoms with Gasteiger partial charge in [-0.05, 0) is 36.6 Å². The van der Waals surface area contributed by atoms with Crippen LogP contribution in [-0.2, 0) is 0 Å². The summed E-state index contributed by atoms with van der Waals surface area (Å²) in [6, 6.07) is 27.9. The zero-order valence-electron chi connectivity index (χ0n) is 17.9. The van der Waals surface area contributed by atoms with Crippen molar-refractivity contribution in [3.63, 3.8) is 0 Å². The van der Waals surface area contributed by atoms with E-state index in [1.165, 1.54) is 11.1 Å². The minimum atomic E-state index is 0.229. The molecule has 0 bridgehead atoms. The molecule has 3 aromatic carbocycles. The van der Waals surface area contributed by atoms with Crippen molar-refractivity contribution in [2.24, 2.45) is 0 Å². The Morgan fingerprint density at radius 1 is 0.800 bits per heavy atom. The third-order valence-corrected chi connectivity index (χ3v) is 6.06. The van der Waals surface area contributed by atoms with Crippen LogP contribution in [0.25, 0.3) is 0 Å². The van der Waals surface area contributed by atoms with Gasteiger partial charge >= 0.3 is 0 Å². The molecule has 1 aliphatic rings. The minimum Gasteiger partial charge on any atom is -0.293 e. The maximum absolute atomic E-state index is 12.9. The van der Waals surface area contributed by atoms with Crippen molar-refractivity contribution >= 4 is 5.78 Å². The Hall–Kier alpha value is -2.75. The molecule has 3 nitrogen and oxygen atoms in total. The molecular formula is C27H30N2O. The van der Waals surface area contributed by atoms with E-state index in [0.29, 0.717) is 6.54 Å². The molecule has 1 heterocycles. The van der Waals surface area contributed by atoms with Crippen LogP contribution in [0.1, 0.15) is 38.7 Å². The van der Waals surface area contributed by atoms with Gasteiger partial charge in [0.1, 0.15) is 0 Å². The van der Waals surface area contributed by atoms with Crippen LogP contribution in [0.15, 0.2) is 78.9 Å². The van der Waals surface area contributed by atoms with Gasteiger partial charge in [-0.25, -0.2) is 0 Å². The lowest BCUT2D eigenvalue weighted by atomic mass is 9.96. The number of hydrogen-bond acceptors (Lipinski definition) is 3. The maximum Gasteiger partial charge on any atom is 0.177 e. The van der Waals surface area contributed by atoms with E-state index in [9.17, 15) is 4.79 Å². The Balaban J connectivity index is 1.45. The standard InChI is InChI=1S/C27H30N2O/c1-21-13-14-22(2)25(19-21)26(30)20-28-15-17-29(18-16-28)27(23-9-5-3-6-10-23)24-11-7-4-8-12-24/h3-14,19,27H,15-18,20H2,1-2H3. The summed E-state index contributed by atoms with van der Waals surface area (Å²) in [4.78, 5) is 17.7. The molecule has 0 saturated carbocycles. The molecule has 0 radical (unpaired) electrons. The summed E-state index contributed by atoms with van der Waals surface area (Å²) in [7, 11) is 0. The molecule has 0 spiro atoms. The van der Waals surface area contributed by atoms with E-state index < -0.39 is 0 Å². The Kier molecular flexibility index (Phi) is 6.41. The summed E-state index contributed by atoms with van der Waals surface area (Å²) in [6.45, 7) is 8.29. The lowest BCUT2D eigenvalue weighted by molar-refractivity contribution is 0.0807. The van der Waals surface area contributed by atoms with Crippen LogP contribution in [0, 0.1) is 13.8 Å². The van der Waals surface area contributed by atoms with Crippen molar-refractivity contribution in [3.8, 4) is 0 Å². The van der Waals surface area contributed by atoms with Crippen LogP contribution >= 0.6 is 0 Å². The van der Waals surface area contributed by atoms with E-state index in [2.05, 4.69) is 76.5 Å². The molecule has 4 rings (SSSR count). The summed E-state index contributed by atoms with van der Waals surface area (Å²) in [5.74, 6) is 0.229. The van der Waals surface area contributed by atoms with Crippen LogP contribution in [0.3, 0.4) is 0 Å². The quantitative estimate of drug-likeness (QED) is 0.552. The molecule has 0 N–H and O–H groups in total. The van der Waals surface area contributed by atoms with E-state index in [-0.39, 0.29) is 11.8 Å². The highest BCUT2D eigenvalue weighted by Crippen LogP contribution is 2.29. The second-order valence-corrected chi connectivity index (χ2v) is 8.28.